The molecular formula is C20H17ClFN5O2. The van der Waals surface area contributed by atoms with Crippen molar-refractivity contribution in [3.63, 3.8) is 0 Å². The number of anilines is 1. The molecule has 148 valence electrons. The van der Waals surface area contributed by atoms with Crippen LogP contribution in [0, 0.1) is 12.7 Å². The molecule has 1 aliphatic heterocycles. The average molecular weight is 414 g/mol. The van der Waals surface area contributed by atoms with Crippen LogP contribution in [0.15, 0.2) is 53.9 Å². The number of carbonyl (C=O) groups is 1. The van der Waals surface area contributed by atoms with Gasteiger partial charge in [-0.1, -0.05) is 52.7 Å². The molecule has 0 saturated heterocycles. The lowest BCUT2D eigenvalue weighted by Crippen LogP contribution is -2.28. The van der Waals surface area contributed by atoms with Crippen molar-refractivity contribution in [2.45, 2.75) is 26.0 Å². The molecule has 0 radical (unpaired) electrons. The number of aromatic nitrogens is 3. The Hall–Kier alpha value is -3.26. The third-order valence-corrected chi connectivity index (χ3v) is 4.76. The normalized spacial score (nSPS) is 15.7. The molecule has 0 fully saturated rings. The van der Waals surface area contributed by atoms with Crippen LogP contribution < -0.4 is 5.32 Å². The first-order valence-corrected chi connectivity index (χ1v) is 9.30. The Bertz CT molecular complexity index is 1060. The van der Waals surface area contributed by atoms with Gasteiger partial charge in [-0.3, -0.25) is 10.1 Å². The third kappa shape index (κ3) is 4.27. The zero-order valence-corrected chi connectivity index (χ0v) is 16.2. The molecule has 1 N–H and O–H groups in total. The van der Waals surface area contributed by atoms with Gasteiger partial charge in [0.15, 0.2) is 0 Å². The summed E-state index contributed by atoms with van der Waals surface area (Å²) in [6.07, 6.45) is 0.715. The molecule has 1 unspecified atom stereocenters. The summed E-state index contributed by atoms with van der Waals surface area (Å²) in [5.41, 5.74) is 2.67. The van der Waals surface area contributed by atoms with Gasteiger partial charge in [-0.2, -0.15) is 0 Å². The molecule has 0 bridgehead atoms. The van der Waals surface area contributed by atoms with Crippen LogP contribution in [0.1, 0.15) is 23.1 Å². The van der Waals surface area contributed by atoms with Crippen LogP contribution >= 0.6 is 11.6 Å². The highest BCUT2D eigenvalue weighted by Gasteiger charge is 2.31. The van der Waals surface area contributed by atoms with E-state index in [4.69, 9.17) is 16.4 Å². The SMILES string of the molecule is Cc1ccc(Cn2cnc(NC(=O)C3CC(c4c(F)cccc4Cl)=NO3)n2)cc1. The van der Waals surface area contributed by atoms with Gasteiger partial charge >= 0.3 is 0 Å². The number of nitrogens with one attached hydrogen (secondary N) is 1. The number of hydrogen-bond donors (Lipinski definition) is 1. The summed E-state index contributed by atoms with van der Waals surface area (Å²) in [7, 11) is 0. The number of rotatable bonds is 5. The second kappa shape index (κ2) is 8.00. The topological polar surface area (TPSA) is 81.4 Å². The minimum Gasteiger partial charge on any atom is -0.382 e. The van der Waals surface area contributed by atoms with E-state index in [0.29, 0.717) is 6.54 Å². The lowest BCUT2D eigenvalue weighted by Gasteiger charge is -2.07. The van der Waals surface area contributed by atoms with Gasteiger partial charge in [0.25, 0.3) is 5.91 Å². The van der Waals surface area contributed by atoms with Crippen LogP contribution in [0.3, 0.4) is 0 Å². The maximum atomic E-state index is 14.0. The fourth-order valence-electron chi connectivity index (χ4n) is 2.94. The molecule has 2 aromatic carbocycles. The summed E-state index contributed by atoms with van der Waals surface area (Å²) in [6.45, 7) is 2.55. The van der Waals surface area contributed by atoms with E-state index in [1.165, 1.54) is 24.0 Å². The van der Waals surface area contributed by atoms with Crippen molar-refractivity contribution in [3.8, 4) is 0 Å². The highest BCUT2D eigenvalue weighted by atomic mass is 35.5. The van der Waals surface area contributed by atoms with Gasteiger partial charge in [0, 0.05) is 6.42 Å². The first kappa shape index (κ1) is 19.1. The smallest absolute Gasteiger partial charge is 0.271 e. The monoisotopic (exact) mass is 413 g/mol. The molecule has 29 heavy (non-hydrogen) atoms. The molecule has 0 spiro atoms. The Morgan fingerprint density at radius 1 is 1.31 bits per heavy atom. The van der Waals surface area contributed by atoms with E-state index in [0.717, 1.165) is 5.56 Å². The molecule has 9 heteroatoms. The van der Waals surface area contributed by atoms with Crippen molar-refractivity contribution in [2.24, 2.45) is 5.16 Å². The number of hydrogen-bond acceptors (Lipinski definition) is 5. The van der Waals surface area contributed by atoms with Crippen LogP contribution in [0.5, 0.6) is 0 Å². The van der Waals surface area contributed by atoms with Gasteiger partial charge in [-0.25, -0.2) is 14.1 Å². The van der Waals surface area contributed by atoms with E-state index in [2.05, 4.69) is 20.6 Å². The van der Waals surface area contributed by atoms with Crippen molar-refractivity contribution in [3.05, 3.63) is 76.3 Å². The van der Waals surface area contributed by atoms with E-state index >= 15 is 0 Å². The van der Waals surface area contributed by atoms with Crippen LogP contribution in [0.25, 0.3) is 0 Å². The average Bonchev–Trinajstić information content (AvgIpc) is 3.33. The van der Waals surface area contributed by atoms with E-state index < -0.39 is 17.8 Å². The quantitative estimate of drug-likeness (QED) is 0.693. The van der Waals surface area contributed by atoms with Crippen molar-refractivity contribution in [2.75, 3.05) is 5.32 Å². The molecule has 4 rings (SSSR count). The molecule has 0 saturated carbocycles. The van der Waals surface area contributed by atoms with Crippen molar-refractivity contribution < 1.29 is 14.0 Å². The van der Waals surface area contributed by atoms with E-state index in [1.807, 2.05) is 31.2 Å². The molecule has 1 amide bonds. The van der Waals surface area contributed by atoms with E-state index in [1.54, 1.807) is 10.7 Å². The van der Waals surface area contributed by atoms with Gasteiger partial charge in [0.1, 0.15) is 12.1 Å². The molecule has 3 aromatic rings. The summed E-state index contributed by atoms with van der Waals surface area (Å²) >= 11 is 6.04. The number of benzene rings is 2. The number of amides is 1. The van der Waals surface area contributed by atoms with Crippen LogP contribution in [-0.4, -0.2) is 32.5 Å². The molecule has 1 aliphatic rings. The number of nitrogens with zero attached hydrogens (tertiary/aromatic N) is 4. The summed E-state index contributed by atoms with van der Waals surface area (Å²) in [4.78, 5) is 21.7. The standard InChI is InChI=1S/C20H17ClFN5O2/c1-12-5-7-13(8-6-12)10-27-11-23-20(25-27)24-19(28)17-9-16(26-29-17)18-14(21)3-2-4-15(18)22/h2-8,11,17H,9-10H2,1H3,(H,24,25,28). The Morgan fingerprint density at radius 3 is 2.86 bits per heavy atom. The van der Waals surface area contributed by atoms with E-state index in [9.17, 15) is 9.18 Å². The van der Waals surface area contributed by atoms with Crippen molar-refractivity contribution >= 4 is 29.2 Å². The number of aryl methyl sites for hydroxylation is 1. The third-order valence-electron chi connectivity index (χ3n) is 4.45. The maximum absolute atomic E-state index is 14.0. The fourth-order valence-corrected chi connectivity index (χ4v) is 3.21. The predicted octanol–water partition coefficient (Wildman–Crippen LogP) is 3.56. The first-order valence-electron chi connectivity index (χ1n) is 8.92. The Balaban J connectivity index is 1.37. The molecule has 1 atom stereocenters. The Labute approximate surface area is 171 Å². The second-order valence-corrected chi connectivity index (χ2v) is 7.08. The summed E-state index contributed by atoms with van der Waals surface area (Å²) in [6, 6.07) is 12.4. The summed E-state index contributed by atoms with van der Waals surface area (Å²) in [5, 5.41) is 10.9. The van der Waals surface area contributed by atoms with Crippen molar-refractivity contribution in [1.29, 1.82) is 0 Å². The maximum Gasteiger partial charge on any atom is 0.271 e. The van der Waals surface area contributed by atoms with Crippen molar-refractivity contribution in [1.82, 2.24) is 14.8 Å². The largest absolute Gasteiger partial charge is 0.382 e. The van der Waals surface area contributed by atoms with Crippen LogP contribution in [-0.2, 0) is 16.2 Å². The number of oxime groups is 1. The van der Waals surface area contributed by atoms with Gasteiger partial charge in [-0.15, -0.1) is 5.10 Å². The minimum absolute atomic E-state index is 0.0938. The highest BCUT2D eigenvalue weighted by molar-refractivity contribution is 6.34. The zero-order valence-electron chi connectivity index (χ0n) is 15.5. The molecule has 2 heterocycles. The molecular weight excluding hydrogens is 397 g/mol. The van der Waals surface area contributed by atoms with Crippen LogP contribution in [0.2, 0.25) is 5.02 Å². The second-order valence-electron chi connectivity index (χ2n) is 6.67. The fraction of sp³-hybridized carbons (Fsp3) is 0.200. The number of halogens is 2. The predicted molar refractivity (Wildman–Crippen MR) is 106 cm³/mol. The summed E-state index contributed by atoms with van der Waals surface area (Å²) in [5.74, 6) is -0.829. The van der Waals surface area contributed by atoms with Gasteiger partial charge in [-0.05, 0) is 24.6 Å². The van der Waals surface area contributed by atoms with E-state index in [-0.39, 0.29) is 28.7 Å². The summed E-state index contributed by atoms with van der Waals surface area (Å²) < 4.78 is 15.7. The van der Waals surface area contributed by atoms with Crippen LogP contribution in [0.4, 0.5) is 10.3 Å². The lowest BCUT2D eigenvalue weighted by molar-refractivity contribution is -0.125. The minimum atomic E-state index is -0.912. The van der Waals surface area contributed by atoms with Gasteiger partial charge in [0.05, 0.1) is 22.8 Å². The molecule has 1 aromatic heterocycles. The van der Waals surface area contributed by atoms with Gasteiger partial charge in [0.2, 0.25) is 12.1 Å². The zero-order chi connectivity index (χ0) is 20.4. The number of carbonyl (C=O) groups excluding carboxylic acids is 1. The van der Waals surface area contributed by atoms with Gasteiger partial charge < -0.3 is 4.84 Å². The Kier molecular flexibility index (Phi) is 5.26. The Morgan fingerprint density at radius 2 is 2.10 bits per heavy atom. The molecule has 0 aliphatic carbocycles. The highest BCUT2D eigenvalue weighted by Crippen LogP contribution is 2.25. The first-order chi connectivity index (χ1) is 14.0. The lowest BCUT2D eigenvalue weighted by atomic mass is 10.0. The molecule has 7 nitrogen and oxygen atoms in total.